The Morgan fingerprint density at radius 2 is 1.74 bits per heavy atom. The quantitative estimate of drug-likeness (QED) is 0.367. The third-order valence-electron chi connectivity index (χ3n) is 6.26. The first kappa shape index (κ1) is 26.3. The Bertz CT molecular complexity index is 978. The molecule has 188 valence electrons. The Balaban J connectivity index is 1.52. The molecule has 1 N–H and O–H groups in total. The van der Waals surface area contributed by atoms with Crippen molar-refractivity contribution in [2.75, 3.05) is 26.3 Å². The second-order valence-corrected chi connectivity index (χ2v) is 8.91. The summed E-state index contributed by atoms with van der Waals surface area (Å²) in [5.74, 6) is -0.0432. The van der Waals surface area contributed by atoms with Gasteiger partial charge < -0.3 is 19.7 Å². The minimum Gasteiger partial charge on any atom is -0.494 e. The van der Waals surface area contributed by atoms with Crippen molar-refractivity contribution in [3.05, 3.63) is 65.7 Å². The van der Waals surface area contributed by atoms with Gasteiger partial charge in [-0.2, -0.15) is 0 Å². The average Bonchev–Trinajstić information content (AvgIpc) is 3.32. The van der Waals surface area contributed by atoms with Gasteiger partial charge in [-0.3, -0.25) is 9.59 Å². The summed E-state index contributed by atoms with van der Waals surface area (Å²) in [5, 5.41) is 2.70. The number of esters is 1. The number of likely N-dealkylation sites (tertiary alicyclic amines) is 1. The predicted octanol–water partition coefficient (Wildman–Crippen LogP) is 4.00. The van der Waals surface area contributed by atoms with Crippen LogP contribution in [0.5, 0.6) is 5.75 Å². The van der Waals surface area contributed by atoms with E-state index in [9.17, 15) is 14.4 Å². The van der Waals surface area contributed by atoms with Crippen molar-refractivity contribution >= 4 is 17.8 Å². The number of nitrogens with one attached hydrogen (secondary N) is 1. The molecule has 0 radical (unpaired) electrons. The minimum atomic E-state index is -0.639. The van der Waals surface area contributed by atoms with E-state index in [0.717, 1.165) is 29.7 Å². The molecule has 7 heteroatoms. The fourth-order valence-corrected chi connectivity index (χ4v) is 4.32. The zero-order valence-corrected chi connectivity index (χ0v) is 20.7. The van der Waals surface area contributed by atoms with Crippen molar-refractivity contribution in [2.45, 2.75) is 57.9 Å². The van der Waals surface area contributed by atoms with Gasteiger partial charge in [0.05, 0.1) is 19.8 Å². The molecule has 0 aliphatic carbocycles. The summed E-state index contributed by atoms with van der Waals surface area (Å²) in [6.45, 7) is 5.13. The zero-order chi connectivity index (χ0) is 25.0. The monoisotopic (exact) mass is 480 g/mol. The van der Waals surface area contributed by atoms with E-state index in [0.29, 0.717) is 32.6 Å². The molecule has 7 nitrogen and oxygen atoms in total. The molecular formula is C28H36N2O5. The maximum Gasteiger partial charge on any atom is 0.328 e. The molecule has 35 heavy (non-hydrogen) atoms. The van der Waals surface area contributed by atoms with Crippen LogP contribution in [-0.4, -0.2) is 55.0 Å². The normalized spacial score (nSPS) is 17.1. The summed E-state index contributed by atoms with van der Waals surface area (Å²) in [5.41, 5.74) is 2.27. The number of hydrogen-bond donors (Lipinski definition) is 1. The number of aryl methyl sites for hydroxylation is 1. The third-order valence-corrected chi connectivity index (χ3v) is 6.26. The van der Waals surface area contributed by atoms with Crippen molar-refractivity contribution in [2.24, 2.45) is 0 Å². The van der Waals surface area contributed by atoms with Gasteiger partial charge >= 0.3 is 5.97 Å². The predicted molar refractivity (Wildman–Crippen MR) is 134 cm³/mol. The molecule has 0 aromatic heterocycles. The Morgan fingerprint density at radius 3 is 2.49 bits per heavy atom. The van der Waals surface area contributed by atoms with E-state index in [4.69, 9.17) is 9.47 Å². The van der Waals surface area contributed by atoms with E-state index in [-0.39, 0.29) is 36.7 Å². The lowest BCUT2D eigenvalue weighted by atomic mass is 9.93. The summed E-state index contributed by atoms with van der Waals surface area (Å²) in [6, 6.07) is 16.8. The Kier molecular flexibility index (Phi) is 10.1. The number of carbonyl (C=O) groups excluding carboxylic acids is 3. The van der Waals surface area contributed by atoms with Crippen LogP contribution in [0.3, 0.4) is 0 Å². The average molecular weight is 481 g/mol. The van der Waals surface area contributed by atoms with Crippen LogP contribution in [0, 0.1) is 6.92 Å². The smallest absolute Gasteiger partial charge is 0.328 e. The van der Waals surface area contributed by atoms with Gasteiger partial charge in [-0.25, -0.2) is 4.79 Å². The van der Waals surface area contributed by atoms with Crippen molar-refractivity contribution in [3.63, 3.8) is 0 Å². The standard InChI is InChI=1S/C28H36N2O5/c1-3-4-16-35-28(33)25-18-22(24-14-9-8-11-21(24)2)20-30(25)27(32)19-29-26(31)15-10-17-34-23-12-6-5-7-13-23/h5-9,11-14,22,25H,3-4,10,15-20H2,1-2H3,(H,29,31)/t22-,25+/m1/s1. The molecule has 2 aromatic carbocycles. The molecule has 0 spiro atoms. The number of rotatable bonds is 12. The van der Waals surface area contributed by atoms with Crippen LogP contribution in [0.25, 0.3) is 0 Å². The van der Waals surface area contributed by atoms with Gasteiger partial charge in [0.2, 0.25) is 11.8 Å². The lowest BCUT2D eigenvalue weighted by Gasteiger charge is -2.23. The van der Waals surface area contributed by atoms with Gasteiger partial charge in [-0.15, -0.1) is 0 Å². The molecule has 3 rings (SSSR count). The molecule has 1 aliphatic heterocycles. The highest BCUT2D eigenvalue weighted by molar-refractivity contribution is 5.89. The summed E-state index contributed by atoms with van der Waals surface area (Å²) >= 11 is 0. The number of benzene rings is 2. The molecule has 0 unspecified atom stereocenters. The van der Waals surface area contributed by atoms with Crippen LogP contribution in [-0.2, 0) is 19.1 Å². The molecule has 1 fully saturated rings. The van der Waals surface area contributed by atoms with Crippen molar-refractivity contribution in [1.29, 1.82) is 0 Å². The first-order valence-electron chi connectivity index (χ1n) is 12.5. The first-order valence-corrected chi connectivity index (χ1v) is 12.5. The van der Waals surface area contributed by atoms with E-state index < -0.39 is 6.04 Å². The summed E-state index contributed by atoms with van der Waals surface area (Å²) in [4.78, 5) is 39.7. The van der Waals surface area contributed by atoms with Gasteiger partial charge in [0.1, 0.15) is 11.8 Å². The lowest BCUT2D eigenvalue weighted by molar-refractivity contribution is -0.153. The number of amides is 2. The Labute approximate surface area is 207 Å². The molecule has 2 amide bonds. The SMILES string of the molecule is CCCCOC(=O)[C@@H]1C[C@@H](c2ccccc2C)CN1C(=O)CNC(=O)CCCOc1ccccc1. The fraction of sp³-hybridized carbons (Fsp3) is 0.464. The Hall–Kier alpha value is -3.35. The highest BCUT2D eigenvalue weighted by atomic mass is 16.5. The van der Waals surface area contributed by atoms with Gasteiger partial charge in [0, 0.05) is 18.9 Å². The van der Waals surface area contributed by atoms with Crippen molar-refractivity contribution in [3.8, 4) is 5.75 Å². The fourth-order valence-electron chi connectivity index (χ4n) is 4.32. The van der Waals surface area contributed by atoms with Crippen LogP contribution in [0.1, 0.15) is 56.1 Å². The number of carbonyl (C=O) groups is 3. The van der Waals surface area contributed by atoms with Gasteiger partial charge in [0.15, 0.2) is 0 Å². The second-order valence-electron chi connectivity index (χ2n) is 8.91. The molecule has 2 atom stereocenters. The zero-order valence-electron chi connectivity index (χ0n) is 20.7. The van der Waals surface area contributed by atoms with Crippen molar-refractivity contribution < 1.29 is 23.9 Å². The number of nitrogens with zero attached hydrogens (tertiary/aromatic N) is 1. The molecule has 0 saturated carbocycles. The van der Waals surface area contributed by atoms with E-state index in [1.54, 1.807) is 4.90 Å². The number of ether oxygens (including phenoxy) is 2. The van der Waals surface area contributed by atoms with Crippen LogP contribution in [0.2, 0.25) is 0 Å². The molecular weight excluding hydrogens is 444 g/mol. The first-order chi connectivity index (χ1) is 17.0. The van der Waals surface area contributed by atoms with Crippen LogP contribution < -0.4 is 10.1 Å². The lowest BCUT2D eigenvalue weighted by Crippen LogP contribution is -2.46. The molecule has 1 heterocycles. The maximum absolute atomic E-state index is 13.1. The van der Waals surface area contributed by atoms with Crippen molar-refractivity contribution in [1.82, 2.24) is 10.2 Å². The summed E-state index contributed by atoms with van der Waals surface area (Å²) in [6.07, 6.45) is 3.04. The van der Waals surface area contributed by atoms with Gasteiger partial charge in [0.25, 0.3) is 0 Å². The number of unbranched alkanes of at least 4 members (excludes halogenated alkanes) is 1. The summed E-state index contributed by atoms with van der Waals surface area (Å²) in [7, 11) is 0. The Morgan fingerprint density at radius 1 is 1.00 bits per heavy atom. The van der Waals surface area contributed by atoms with E-state index in [2.05, 4.69) is 5.32 Å². The van der Waals surface area contributed by atoms with Gasteiger partial charge in [-0.05, 0) is 49.4 Å². The third kappa shape index (κ3) is 7.84. The van der Waals surface area contributed by atoms with Crippen LogP contribution >= 0.6 is 0 Å². The highest BCUT2D eigenvalue weighted by Gasteiger charge is 2.41. The maximum atomic E-state index is 13.1. The summed E-state index contributed by atoms with van der Waals surface area (Å²) < 4.78 is 11.1. The number of para-hydroxylation sites is 1. The minimum absolute atomic E-state index is 0.0507. The molecule has 2 aromatic rings. The number of hydrogen-bond acceptors (Lipinski definition) is 5. The van der Waals surface area contributed by atoms with E-state index in [1.165, 1.54) is 0 Å². The van der Waals surface area contributed by atoms with Crippen LogP contribution in [0.4, 0.5) is 0 Å². The molecule has 1 saturated heterocycles. The van der Waals surface area contributed by atoms with E-state index >= 15 is 0 Å². The second kappa shape index (κ2) is 13.5. The molecule has 0 bridgehead atoms. The molecule has 1 aliphatic rings. The van der Waals surface area contributed by atoms with Crippen LogP contribution in [0.15, 0.2) is 54.6 Å². The topological polar surface area (TPSA) is 84.9 Å². The highest BCUT2D eigenvalue weighted by Crippen LogP contribution is 2.34. The van der Waals surface area contributed by atoms with Gasteiger partial charge in [-0.1, -0.05) is 55.8 Å². The van der Waals surface area contributed by atoms with E-state index in [1.807, 2.05) is 68.4 Å². The largest absolute Gasteiger partial charge is 0.494 e.